The number of carbonyl (C=O) groups is 1. The van der Waals surface area contributed by atoms with Gasteiger partial charge in [0.15, 0.2) is 0 Å². The van der Waals surface area contributed by atoms with E-state index in [1.54, 1.807) is 13.8 Å². The van der Waals surface area contributed by atoms with E-state index in [-0.39, 0.29) is 5.78 Å². The van der Waals surface area contributed by atoms with Crippen LogP contribution in [0.1, 0.15) is 20.8 Å². The van der Waals surface area contributed by atoms with Crippen molar-refractivity contribution in [1.82, 2.24) is 0 Å². The standard InChI is InChI=1S/C11H25O4PSi/c1-7-14-16(13,15-8-2)11(10(3)12)9-17(4,5)6/h11H,7-9H2,1-6H3. The van der Waals surface area contributed by atoms with Gasteiger partial charge >= 0.3 is 7.60 Å². The van der Waals surface area contributed by atoms with Crippen molar-refractivity contribution in [3.8, 4) is 0 Å². The molecule has 102 valence electrons. The number of hydrogen-bond donors (Lipinski definition) is 0. The topological polar surface area (TPSA) is 52.6 Å². The lowest BCUT2D eigenvalue weighted by molar-refractivity contribution is -0.116. The molecule has 0 aromatic heterocycles. The molecule has 0 fully saturated rings. The van der Waals surface area contributed by atoms with E-state index in [2.05, 4.69) is 19.6 Å². The average Bonchev–Trinajstić information content (AvgIpc) is 2.13. The van der Waals surface area contributed by atoms with Crippen molar-refractivity contribution >= 4 is 21.5 Å². The molecule has 0 bridgehead atoms. The molecule has 1 atom stereocenters. The van der Waals surface area contributed by atoms with E-state index in [9.17, 15) is 9.36 Å². The van der Waals surface area contributed by atoms with E-state index in [0.717, 1.165) is 0 Å². The Labute approximate surface area is 106 Å². The number of carbonyl (C=O) groups excluding carboxylic acids is 1. The highest BCUT2D eigenvalue weighted by Gasteiger charge is 2.41. The highest BCUT2D eigenvalue weighted by molar-refractivity contribution is 7.56. The minimum absolute atomic E-state index is 0.0994. The Hall–Kier alpha value is 0.0369. The summed E-state index contributed by atoms with van der Waals surface area (Å²) >= 11 is 0. The molecule has 0 spiro atoms. The molecule has 0 amide bonds. The van der Waals surface area contributed by atoms with E-state index >= 15 is 0 Å². The van der Waals surface area contributed by atoms with E-state index in [1.165, 1.54) is 6.92 Å². The summed E-state index contributed by atoms with van der Waals surface area (Å²) in [6.07, 6.45) is 0. The first-order valence-corrected chi connectivity index (χ1v) is 11.4. The fraction of sp³-hybridized carbons (Fsp3) is 0.909. The van der Waals surface area contributed by atoms with Crippen LogP contribution in [0.25, 0.3) is 0 Å². The molecule has 0 heterocycles. The van der Waals surface area contributed by atoms with Crippen molar-refractivity contribution in [3.05, 3.63) is 0 Å². The molecule has 17 heavy (non-hydrogen) atoms. The number of hydrogen-bond acceptors (Lipinski definition) is 4. The Morgan fingerprint density at radius 2 is 1.59 bits per heavy atom. The van der Waals surface area contributed by atoms with E-state index < -0.39 is 21.3 Å². The van der Waals surface area contributed by atoms with Gasteiger partial charge in [-0.05, 0) is 26.8 Å². The molecule has 1 unspecified atom stereocenters. The van der Waals surface area contributed by atoms with E-state index in [4.69, 9.17) is 9.05 Å². The SMILES string of the molecule is CCOP(=O)(OCC)C(C[Si](C)(C)C)C(C)=O. The molecule has 0 aliphatic rings. The lowest BCUT2D eigenvalue weighted by Crippen LogP contribution is -2.32. The Morgan fingerprint density at radius 3 is 1.82 bits per heavy atom. The fourth-order valence-corrected chi connectivity index (χ4v) is 7.22. The molecule has 0 saturated heterocycles. The summed E-state index contributed by atoms with van der Waals surface area (Å²) < 4.78 is 23.1. The Morgan fingerprint density at radius 1 is 1.18 bits per heavy atom. The van der Waals surface area contributed by atoms with Crippen molar-refractivity contribution < 1.29 is 18.4 Å². The largest absolute Gasteiger partial charge is 0.340 e. The van der Waals surface area contributed by atoms with E-state index in [0.29, 0.717) is 19.3 Å². The van der Waals surface area contributed by atoms with Crippen LogP contribution in [0.2, 0.25) is 25.7 Å². The summed E-state index contributed by atoms with van der Waals surface area (Å²) in [5.41, 5.74) is -0.603. The average molecular weight is 280 g/mol. The molecule has 0 N–H and O–H groups in total. The highest BCUT2D eigenvalue weighted by Crippen LogP contribution is 2.55. The lowest BCUT2D eigenvalue weighted by atomic mass is 10.3. The first kappa shape index (κ1) is 17.0. The van der Waals surface area contributed by atoms with Gasteiger partial charge in [0, 0.05) is 8.07 Å². The van der Waals surface area contributed by atoms with Gasteiger partial charge < -0.3 is 9.05 Å². The molecule has 0 aromatic carbocycles. The molecular weight excluding hydrogens is 255 g/mol. The fourth-order valence-electron chi connectivity index (χ4n) is 1.64. The van der Waals surface area contributed by atoms with Crippen LogP contribution in [0.5, 0.6) is 0 Å². The van der Waals surface area contributed by atoms with Crippen LogP contribution in [-0.2, 0) is 18.4 Å². The number of ketones is 1. The maximum Gasteiger partial charge on any atom is 0.340 e. The van der Waals surface area contributed by atoms with Crippen molar-refractivity contribution in [2.24, 2.45) is 0 Å². The van der Waals surface area contributed by atoms with Gasteiger partial charge in [0.25, 0.3) is 0 Å². The van der Waals surface area contributed by atoms with Gasteiger partial charge in [-0.1, -0.05) is 19.6 Å². The zero-order chi connectivity index (χ0) is 13.7. The Bertz CT molecular complexity index is 288. The van der Waals surface area contributed by atoms with Crippen molar-refractivity contribution in [2.45, 2.75) is 52.1 Å². The minimum atomic E-state index is -3.30. The van der Waals surface area contributed by atoms with Crippen LogP contribution in [-0.4, -0.2) is 32.7 Å². The first-order valence-electron chi connectivity index (χ1n) is 6.05. The van der Waals surface area contributed by atoms with Gasteiger partial charge in [-0.15, -0.1) is 0 Å². The zero-order valence-corrected chi connectivity index (χ0v) is 13.7. The molecule has 0 aliphatic carbocycles. The van der Waals surface area contributed by atoms with Crippen LogP contribution < -0.4 is 0 Å². The smallest absolute Gasteiger partial charge is 0.308 e. The predicted molar refractivity (Wildman–Crippen MR) is 73.5 cm³/mol. The van der Waals surface area contributed by atoms with Gasteiger partial charge in [-0.3, -0.25) is 9.36 Å². The van der Waals surface area contributed by atoms with E-state index in [1.807, 2.05) is 0 Å². The van der Waals surface area contributed by atoms with Gasteiger partial charge in [-0.25, -0.2) is 0 Å². The third-order valence-electron chi connectivity index (χ3n) is 2.27. The van der Waals surface area contributed by atoms with Crippen LogP contribution in [0.3, 0.4) is 0 Å². The Balaban J connectivity index is 5.10. The highest BCUT2D eigenvalue weighted by atomic mass is 31.2. The first-order chi connectivity index (χ1) is 7.66. The lowest BCUT2D eigenvalue weighted by Gasteiger charge is -2.28. The molecule has 6 heteroatoms. The molecule has 0 aliphatic heterocycles. The number of Topliss-reactive ketones (excluding diaryl/α,β-unsaturated/α-hetero) is 1. The summed E-state index contributed by atoms with van der Waals surface area (Å²) in [5, 5.41) is 0. The Kier molecular flexibility index (Phi) is 6.85. The zero-order valence-electron chi connectivity index (χ0n) is 11.8. The monoisotopic (exact) mass is 280 g/mol. The minimum Gasteiger partial charge on any atom is -0.308 e. The second kappa shape index (κ2) is 6.83. The van der Waals surface area contributed by atoms with Gasteiger partial charge in [0.1, 0.15) is 11.4 Å². The summed E-state index contributed by atoms with van der Waals surface area (Å²) in [7, 11) is -4.80. The molecule has 0 rings (SSSR count). The van der Waals surface area contributed by atoms with Gasteiger partial charge in [0.05, 0.1) is 13.2 Å². The van der Waals surface area contributed by atoms with Crippen LogP contribution in [0.15, 0.2) is 0 Å². The van der Waals surface area contributed by atoms with Crippen molar-refractivity contribution in [1.29, 1.82) is 0 Å². The quantitative estimate of drug-likeness (QED) is 0.504. The summed E-state index contributed by atoms with van der Waals surface area (Å²) in [6.45, 7) is 12.0. The van der Waals surface area contributed by atoms with Crippen molar-refractivity contribution in [2.75, 3.05) is 13.2 Å². The molecule has 4 nitrogen and oxygen atoms in total. The normalized spacial score (nSPS) is 14.7. The van der Waals surface area contributed by atoms with Gasteiger partial charge in [0.2, 0.25) is 0 Å². The van der Waals surface area contributed by atoms with Crippen LogP contribution in [0, 0.1) is 0 Å². The maximum atomic E-state index is 12.6. The van der Waals surface area contributed by atoms with Gasteiger partial charge in [-0.2, -0.15) is 0 Å². The third kappa shape index (κ3) is 5.95. The summed E-state index contributed by atoms with van der Waals surface area (Å²) in [6, 6.07) is 0.639. The molecular formula is C11H25O4PSi. The van der Waals surface area contributed by atoms with Crippen LogP contribution >= 0.6 is 7.60 Å². The molecule has 0 radical (unpaired) electrons. The summed E-state index contributed by atoms with van der Waals surface area (Å²) in [5.74, 6) is -0.0994. The number of rotatable bonds is 8. The molecule has 0 aromatic rings. The molecule has 0 saturated carbocycles. The maximum absolute atomic E-state index is 12.6. The van der Waals surface area contributed by atoms with Crippen LogP contribution in [0.4, 0.5) is 0 Å². The summed E-state index contributed by atoms with van der Waals surface area (Å²) in [4.78, 5) is 11.7. The third-order valence-corrected chi connectivity index (χ3v) is 6.80. The van der Waals surface area contributed by atoms with Crippen molar-refractivity contribution in [3.63, 3.8) is 0 Å². The predicted octanol–water partition coefficient (Wildman–Crippen LogP) is 3.55. The second-order valence-corrected chi connectivity index (χ2v) is 13.0. The second-order valence-electron chi connectivity index (χ2n) is 5.27.